The van der Waals surface area contributed by atoms with Crippen molar-refractivity contribution < 1.29 is 4.79 Å². The van der Waals surface area contributed by atoms with E-state index in [1.54, 1.807) is 0 Å². The number of hydrogen-bond donors (Lipinski definition) is 0. The van der Waals surface area contributed by atoms with Gasteiger partial charge in [-0.15, -0.1) is 0 Å². The summed E-state index contributed by atoms with van der Waals surface area (Å²) in [6.45, 7) is 3.23. The maximum atomic E-state index is 12.5. The fraction of sp³-hybridized carbons (Fsp3) is 0.381. The van der Waals surface area contributed by atoms with Gasteiger partial charge in [0.05, 0.1) is 0 Å². The van der Waals surface area contributed by atoms with Gasteiger partial charge in [0.25, 0.3) is 0 Å². The minimum atomic E-state index is 0.207. The number of likely N-dealkylation sites (tertiary alicyclic amines) is 1. The Morgan fingerprint density at radius 2 is 1.57 bits per heavy atom. The van der Waals surface area contributed by atoms with Gasteiger partial charge in [-0.2, -0.15) is 0 Å². The van der Waals surface area contributed by atoms with Crippen molar-refractivity contribution in [2.45, 2.75) is 32.2 Å². The molecule has 0 bridgehead atoms. The molecule has 1 aliphatic carbocycles. The molecular formula is C21H23NO. The number of Topliss-reactive ketones (excluding diaryl/α,β-unsaturated/α-hetero) is 1. The molecule has 2 aromatic carbocycles. The number of hydrogen-bond acceptors (Lipinski definition) is 2. The van der Waals surface area contributed by atoms with Crippen LogP contribution in [0.25, 0.3) is 0 Å². The third-order valence-corrected chi connectivity index (χ3v) is 5.58. The summed E-state index contributed by atoms with van der Waals surface area (Å²) in [5.74, 6) is 0.350. The molecule has 2 aromatic rings. The number of piperidine rings is 1. The lowest BCUT2D eigenvalue weighted by Crippen LogP contribution is -2.43. The first-order valence-corrected chi connectivity index (χ1v) is 8.62. The predicted molar refractivity (Wildman–Crippen MR) is 92.5 cm³/mol. The van der Waals surface area contributed by atoms with Crippen molar-refractivity contribution in [3.8, 4) is 0 Å². The summed E-state index contributed by atoms with van der Waals surface area (Å²) in [5.41, 5.74) is 3.82. The number of fused-ring (bicyclic) bond motifs is 1. The molecule has 2 heteroatoms. The minimum absolute atomic E-state index is 0.207. The average Bonchev–Trinajstić information content (AvgIpc) is 2.58. The second kappa shape index (κ2) is 5.93. The van der Waals surface area contributed by atoms with E-state index in [0.717, 1.165) is 50.9 Å². The number of nitrogens with zero attached hydrogens (tertiary/aromatic N) is 1. The molecule has 0 amide bonds. The average molecular weight is 305 g/mol. The lowest BCUT2D eigenvalue weighted by atomic mass is 9.66. The van der Waals surface area contributed by atoms with Crippen LogP contribution in [0.15, 0.2) is 54.6 Å². The molecular weight excluding hydrogens is 282 g/mol. The zero-order valence-electron chi connectivity index (χ0n) is 13.5. The van der Waals surface area contributed by atoms with E-state index in [1.807, 2.05) is 12.1 Å². The van der Waals surface area contributed by atoms with Crippen LogP contribution in [0.2, 0.25) is 0 Å². The van der Waals surface area contributed by atoms with Crippen molar-refractivity contribution in [1.29, 1.82) is 0 Å². The highest BCUT2D eigenvalue weighted by Gasteiger charge is 2.40. The zero-order valence-corrected chi connectivity index (χ0v) is 13.5. The van der Waals surface area contributed by atoms with Gasteiger partial charge in [-0.05, 0) is 48.9 Å². The Bertz CT molecular complexity index is 699. The number of carbonyl (C=O) groups is 1. The van der Waals surface area contributed by atoms with Crippen LogP contribution in [0.3, 0.4) is 0 Å². The molecule has 0 atom stereocenters. The van der Waals surface area contributed by atoms with E-state index < -0.39 is 0 Å². The molecule has 0 N–H and O–H groups in total. The molecule has 118 valence electrons. The van der Waals surface area contributed by atoms with Gasteiger partial charge in [-0.3, -0.25) is 9.69 Å². The number of carbonyl (C=O) groups excluding carboxylic acids is 1. The number of benzene rings is 2. The van der Waals surface area contributed by atoms with Gasteiger partial charge in [-0.1, -0.05) is 54.6 Å². The third kappa shape index (κ3) is 2.96. The summed E-state index contributed by atoms with van der Waals surface area (Å²) in [5, 5.41) is 0. The van der Waals surface area contributed by atoms with Crippen molar-refractivity contribution in [2.24, 2.45) is 5.41 Å². The van der Waals surface area contributed by atoms with Crippen LogP contribution >= 0.6 is 0 Å². The first-order chi connectivity index (χ1) is 11.2. The lowest BCUT2D eigenvalue weighted by molar-refractivity contribution is 0.0659. The molecule has 23 heavy (non-hydrogen) atoms. The van der Waals surface area contributed by atoms with Crippen molar-refractivity contribution in [3.63, 3.8) is 0 Å². The standard InChI is InChI=1S/C21H23NO/c23-20-15-21(14-18-8-4-5-9-19(18)20)10-12-22(13-11-21)16-17-6-2-1-3-7-17/h1-9H,10-16H2. The van der Waals surface area contributed by atoms with Gasteiger partial charge in [0, 0.05) is 18.5 Å². The van der Waals surface area contributed by atoms with Crippen LogP contribution in [0.4, 0.5) is 0 Å². The first-order valence-electron chi connectivity index (χ1n) is 8.62. The molecule has 2 nitrogen and oxygen atoms in total. The Hall–Kier alpha value is -1.93. The largest absolute Gasteiger partial charge is 0.299 e. The van der Waals surface area contributed by atoms with Gasteiger partial charge < -0.3 is 0 Å². The molecule has 0 aromatic heterocycles. The van der Waals surface area contributed by atoms with Crippen LogP contribution in [0.5, 0.6) is 0 Å². The molecule has 1 fully saturated rings. The van der Waals surface area contributed by atoms with Crippen LogP contribution in [0.1, 0.15) is 40.7 Å². The predicted octanol–water partition coefficient (Wildman–Crippen LogP) is 4.10. The maximum Gasteiger partial charge on any atom is 0.163 e. The summed E-state index contributed by atoms with van der Waals surface area (Å²) >= 11 is 0. The van der Waals surface area contributed by atoms with Gasteiger partial charge in [0.1, 0.15) is 0 Å². The summed E-state index contributed by atoms with van der Waals surface area (Å²) in [6, 6.07) is 18.9. The Balaban J connectivity index is 1.44. The summed E-state index contributed by atoms with van der Waals surface area (Å²) < 4.78 is 0. The monoisotopic (exact) mass is 305 g/mol. The van der Waals surface area contributed by atoms with E-state index in [-0.39, 0.29) is 5.41 Å². The van der Waals surface area contributed by atoms with Crippen LogP contribution in [-0.2, 0) is 13.0 Å². The van der Waals surface area contributed by atoms with Crippen LogP contribution in [-0.4, -0.2) is 23.8 Å². The van der Waals surface area contributed by atoms with Gasteiger partial charge >= 0.3 is 0 Å². The fourth-order valence-corrected chi connectivity index (χ4v) is 4.23. The Morgan fingerprint density at radius 3 is 2.35 bits per heavy atom. The third-order valence-electron chi connectivity index (χ3n) is 5.58. The van der Waals surface area contributed by atoms with E-state index in [4.69, 9.17) is 0 Å². The fourth-order valence-electron chi connectivity index (χ4n) is 4.23. The molecule has 1 saturated heterocycles. The summed E-state index contributed by atoms with van der Waals surface area (Å²) in [7, 11) is 0. The molecule has 0 saturated carbocycles. The van der Waals surface area contributed by atoms with Crippen molar-refractivity contribution in [3.05, 3.63) is 71.3 Å². The van der Waals surface area contributed by atoms with Gasteiger partial charge in [0.15, 0.2) is 5.78 Å². The lowest BCUT2D eigenvalue weighted by Gasteiger charge is -2.44. The van der Waals surface area contributed by atoms with Crippen molar-refractivity contribution in [1.82, 2.24) is 4.90 Å². The maximum absolute atomic E-state index is 12.5. The highest BCUT2D eigenvalue weighted by molar-refractivity contribution is 5.99. The zero-order chi connectivity index (χ0) is 15.7. The molecule has 1 spiro atoms. The SMILES string of the molecule is O=C1CC2(CCN(Cc3ccccc3)CC2)Cc2ccccc21. The van der Waals surface area contributed by atoms with E-state index in [9.17, 15) is 4.79 Å². The topological polar surface area (TPSA) is 20.3 Å². The van der Waals surface area contributed by atoms with Gasteiger partial charge in [-0.25, -0.2) is 0 Å². The van der Waals surface area contributed by atoms with E-state index in [2.05, 4.69) is 47.4 Å². The number of ketones is 1. The minimum Gasteiger partial charge on any atom is -0.299 e. The smallest absolute Gasteiger partial charge is 0.163 e. The quantitative estimate of drug-likeness (QED) is 0.832. The van der Waals surface area contributed by atoms with E-state index in [0.29, 0.717) is 5.78 Å². The molecule has 0 radical (unpaired) electrons. The van der Waals surface area contributed by atoms with Crippen LogP contribution < -0.4 is 0 Å². The number of rotatable bonds is 2. The van der Waals surface area contributed by atoms with Crippen molar-refractivity contribution in [2.75, 3.05) is 13.1 Å². The van der Waals surface area contributed by atoms with Crippen molar-refractivity contribution >= 4 is 5.78 Å². The second-order valence-electron chi connectivity index (χ2n) is 7.20. The Labute approximate surface area is 138 Å². The highest BCUT2D eigenvalue weighted by Crippen LogP contribution is 2.43. The van der Waals surface area contributed by atoms with E-state index >= 15 is 0 Å². The molecule has 4 rings (SSSR count). The summed E-state index contributed by atoms with van der Waals surface area (Å²) in [4.78, 5) is 15.1. The second-order valence-corrected chi connectivity index (χ2v) is 7.20. The van der Waals surface area contributed by atoms with E-state index in [1.165, 1.54) is 11.1 Å². The first kappa shape index (κ1) is 14.6. The molecule has 0 unspecified atom stereocenters. The summed E-state index contributed by atoms with van der Waals surface area (Å²) in [6.07, 6.45) is 4.09. The molecule has 1 aliphatic heterocycles. The Kier molecular flexibility index (Phi) is 3.78. The highest BCUT2D eigenvalue weighted by atomic mass is 16.1. The van der Waals surface area contributed by atoms with Crippen LogP contribution in [0, 0.1) is 5.41 Å². The normalized spacial score (nSPS) is 20.4. The molecule has 2 aliphatic rings. The Morgan fingerprint density at radius 1 is 0.870 bits per heavy atom. The molecule has 1 heterocycles. The van der Waals surface area contributed by atoms with Gasteiger partial charge in [0.2, 0.25) is 0 Å².